The topological polar surface area (TPSA) is 0 Å². The third-order valence-electron chi connectivity index (χ3n) is 3.05. The van der Waals surface area contributed by atoms with Gasteiger partial charge >= 0.3 is 0 Å². The molecule has 0 amide bonds. The van der Waals surface area contributed by atoms with E-state index in [2.05, 4.69) is 29.8 Å². The molecule has 1 heteroatoms. The molecule has 0 radical (unpaired) electrons. The first kappa shape index (κ1) is 9.57. The highest BCUT2D eigenvalue weighted by molar-refractivity contribution is 9.09. The van der Waals surface area contributed by atoms with Crippen LogP contribution in [-0.2, 0) is 0 Å². The third-order valence-corrected chi connectivity index (χ3v) is 3.97. The first-order valence-electron chi connectivity index (χ1n) is 4.80. The Labute approximate surface area is 78.9 Å². The Morgan fingerprint density at radius 1 is 1.18 bits per heavy atom. The van der Waals surface area contributed by atoms with Gasteiger partial charge in [0, 0.05) is 5.33 Å². The minimum Gasteiger partial charge on any atom is -0.0925 e. The molecule has 1 saturated carbocycles. The minimum absolute atomic E-state index is 0.909. The molecule has 11 heavy (non-hydrogen) atoms. The molecule has 0 spiro atoms. The highest BCUT2D eigenvalue weighted by Gasteiger charge is 2.21. The van der Waals surface area contributed by atoms with Crippen LogP contribution in [0.25, 0.3) is 0 Å². The van der Waals surface area contributed by atoms with Crippen LogP contribution in [0.4, 0.5) is 0 Å². The summed E-state index contributed by atoms with van der Waals surface area (Å²) >= 11 is 3.57. The van der Waals surface area contributed by atoms with E-state index in [9.17, 15) is 0 Å². The predicted molar refractivity (Wildman–Crippen MR) is 54.1 cm³/mol. The van der Waals surface area contributed by atoms with Crippen LogP contribution in [0.2, 0.25) is 0 Å². The molecule has 1 rings (SSSR count). The van der Waals surface area contributed by atoms with Gasteiger partial charge in [0.15, 0.2) is 0 Å². The van der Waals surface area contributed by atoms with Crippen molar-refractivity contribution in [1.29, 1.82) is 0 Å². The number of halogens is 1. The van der Waals surface area contributed by atoms with Crippen LogP contribution in [0.1, 0.15) is 39.5 Å². The van der Waals surface area contributed by atoms with Crippen molar-refractivity contribution in [2.24, 2.45) is 17.8 Å². The largest absolute Gasteiger partial charge is 0.0925 e. The van der Waals surface area contributed by atoms with Gasteiger partial charge in [-0.25, -0.2) is 0 Å². The van der Waals surface area contributed by atoms with Crippen molar-refractivity contribution in [2.45, 2.75) is 39.5 Å². The number of hydrogen-bond acceptors (Lipinski definition) is 0. The maximum Gasteiger partial charge on any atom is 0.00596 e. The lowest BCUT2D eigenvalue weighted by molar-refractivity contribution is 0.237. The number of rotatable bonds is 2. The van der Waals surface area contributed by atoms with Gasteiger partial charge in [-0.05, 0) is 43.4 Å². The maximum absolute atomic E-state index is 3.57. The maximum atomic E-state index is 3.57. The van der Waals surface area contributed by atoms with E-state index < -0.39 is 0 Å². The van der Waals surface area contributed by atoms with Crippen LogP contribution in [0.15, 0.2) is 0 Å². The van der Waals surface area contributed by atoms with Crippen LogP contribution in [0, 0.1) is 17.8 Å². The van der Waals surface area contributed by atoms with Crippen molar-refractivity contribution in [1.82, 2.24) is 0 Å². The fourth-order valence-corrected chi connectivity index (χ4v) is 2.66. The second kappa shape index (κ2) is 4.49. The molecule has 1 fully saturated rings. The molecule has 0 saturated heterocycles. The fourth-order valence-electron chi connectivity index (χ4n) is 2.01. The first-order chi connectivity index (χ1) is 5.24. The Morgan fingerprint density at radius 3 is 2.09 bits per heavy atom. The molecule has 0 aromatic carbocycles. The Bertz CT molecular complexity index is 101. The Balaban J connectivity index is 2.24. The first-order valence-corrected chi connectivity index (χ1v) is 5.92. The molecular formula is C10H19Br. The number of hydrogen-bond donors (Lipinski definition) is 0. The van der Waals surface area contributed by atoms with Crippen molar-refractivity contribution < 1.29 is 0 Å². The zero-order valence-electron chi connectivity index (χ0n) is 7.65. The fraction of sp³-hybridized carbons (Fsp3) is 1.00. The summed E-state index contributed by atoms with van der Waals surface area (Å²) in [6.07, 6.45) is 5.84. The zero-order chi connectivity index (χ0) is 8.27. The smallest absolute Gasteiger partial charge is 0.00596 e. The molecule has 0 bridgehead atoms. The second-order valence-electron chi connectivity index (χ2n) is 4.18. The Kier molecular flexibility index (Phi) is 3.91. The van der Waals surface area contributed by atoms with E-state index >= 15 is 0 Å². The van der Waals surface area contributed by atoms with Gasteiger partial charge in [0.1, 0.15) is 0 Å². The molecule has 66 valence electrons. The summed E-state index contributed by atoms with van der Waals surface area (Å²) < 4.78 is 0. The van der Waals surface area contributed by atoms with Crippen molar-refractivity contribution in [3.05, 3.63) is 0 Å². The van der Waals surface area contributed by atoms with Crippen LogP contribution >= 0.6 is 15.9 Å². The molecule has 0 heterocycles. The molecule has 1 aliphatic rings. The van der Waals surface area contributed by atoms with E-state index in [4.69, 9.17) is 0 Å². The van der Waals surface area contributed by atoms with Gasteiger partial charge in [-0.2, -0.15) is 0 Å². The molecule has 0 aliphatic heterocycles. The van der Waals surface area contributed by atoms with Gasteiger partial charge in [-0.15, -0.1) is 0 Å². The summed E-state index contributed by atoms with van der Waals surface area (Å²) in [5.41, 5.74) is 0. The average molecular weight is 219 g/mol. The van der Waals surface area contributed by atoms with E-state index in [1.165, 1.54) is 31.0 Å². The zero-order valence-corrected chi connectivity index (χ0v) is 9.23. The van der Waals surface area contributed by atoms with E-state index in [1.54, 1.807) is 0 Å². The quantitative estimate of drug-likeness (QED) is 0.619. The second-order valence-corrected chi connectivity index (χ2v) is 4.83. The van der Waals surface area contributed by atoms with Gasteiger partial charge < -0.3 is 0 Å². The van der Waals surface area contributed by atoms with Gasteiger partial charge in [0.05, 0.1) is 0 Å². The van der Waals surface area contributed by atoms with Gasteiger partial charge in [0.25, 0.3) is 0 Å². The summed E-state index contributed by atoms with van der Waals surface area (Å²) in [6.45, 7) is 4.72. The van der Waals surface area contributed by atoms with Crippen molar-refractivity contribution in [3.8, 4) is 0 Å². The number of alkyl halides is 1. The summed E-state index contributed by atoms with van der Waals surface area (Å²) in [7, 11) is 0. The Hall–Kier alpha value is 0.480. The van der Waals surface area contributed by atoms with Crippen molar-refractivity contribution >= 4 is 15.9 Å². The van der Waals surface area contributed by atoms with E-state index in [0.29, 0.717) is 0 Å². The molecule has 0 nitrogen and oxygen atoms in total. The monoisotopic (exact) mass is 218 g/mol. The normalized spacial score (nSPS) is 32.7. The van der Waals surface area contributed by atoms with E-state index in [0.717, 1.165) is 17.8 Å². The Morgan fingerprint density at radius 2 is 1.73 bits per heavy atom. The van der Waals surface area contributed by atoms with Gasteiger partial charge in [0.2, 0.25) is 0 Å². The van der Waals surface area contributed by atoms with Crippen LogP contribution in [0.5, 0.6) is 0 Å². The highest BCUT2D eigenvalue weighted by Crippen LogP contribution is 2.33. The van der Waals surface area contributed by atoms with E-state index in [-0.39, 0.29) is 0 Å². The van der Waals surface area contributed by atoms with Gasteiger partial charge in [-0.3, -0.25) is 0 Å². The molecular weight excluding hydrogens is 200 g/mol. The summed E-state index contributed by atoms with van der Waals surface area (Å²) in [4.78, 5) is 0. The lowest BCUT2D eigenvalue weighted by Gasteiger charge is -2.29. The molecule has 0 aromatic heterocycles. The average Bonchev–Trinajstić information content (AvgIpc) is 2.05. The van der Waals surface area contributed by atoms with Crippen LogP contribution in [0.3, 0.4) is 0 Å². The molecule has 0 atom stereocenters. The highest BCUT2D eigenvalue weighted by atomic mass is 79.9. The molecule has 0 unspecified atom stereocenters. The van der Waals surface area contributed by atoms with Crippen molar-refractivity contribution in [2.75, 3.05) is 5.33 Å². The molecule has 0 N–H and O–H groups in total. The standard InChI is InChI=1S/C10H19Br/c1-8(2)10-5-3-9(7-11)4-6-10/h8-10H,3-7H2,1-2H3/t9-,10-. The lowest BCUT2D eigenvalue weighted by Crippen LogP contribution is -2.19. The van der Waals surface area contributed by atoms with Crippen LogP contribution < -0.4 is 0 Å². The lowest BCUT2D eigenvalue weighted by atomic mass is 9.78. The van der Waals surface area contributed by atoms with Crippen molar-refractivity contribution in [3.63, 3.8) is 0 Å². The predicted octanol–water partition coefficient (Wildman–Crippen LogP) is 3.84. The summed E-state index contributed by atoms with van der Waals surface area (Å²) in [5, 5.41) is 1.22. The molecule has 1 aliphatic carbocycles. The summed E-state index contributed by atoms with van der Waals surface area (Å²) in [6, 6.07) is 0. The van der Waals surface area contributed by atoms with Crippen LogP contribution in [-0.4, -0.2) is 5.33 Å². The molecule has 0 aromatic rings. The van der Waals surface area contributed by atoms with E-state index in [1.807, 2.05) is 0 Å². The summed E-state index contributed by atoms with van der Waals surface area (Å²) in [5.74, 6) is 2.90. The third kappa shape index (κ3) is 2.77. The minimum atomic E-state index is 0.909. The SMILES string of the molecule is CC(C)[C@H]1CC[C@H](CBr)CC1. The van der Waals surface area contributed by atoms with Gasteiger partial charge in [-0.1, -0.05) is 29.8 Å².